The summed E-state index contributed by atoms with van der Waals surface area (Å²) in [6.07, 6.45) is -0.0578. The molecule has 4 amide bonds. The van der Waals surface area contributed by atoms with Crippen LogP contribution in [0.3, 0.4) is 0 Å². The molecule has 2 fully saturated rings. The van der Waals surface area contributed by atoms with Gasteiger partial charge in [0, 0.05) is 30.8 Å². The first-order valence-electron chi connectivity index (χ1n) is 10.2. The van der Waals surface area contributed by atoms with Crippen molar-refractivity contribution < 1.29 is 24.0 Å². The number of hydrogen-bond donors (Lipinski definition) is 1. The summed E-state index contributed by atoms with van der Waals surface area (Å²) in [6.45, 7) is 0.953. The highest BCUT2D eigenvalue weighted by molar-refractivity contribution is 6.20. The number of nitro benzene ring substituents is 1. The number of carbonyl (C=O) groups excluding carboxylic acids is 3. The predicted octanol–water partition coefficient (Wildman–Crippen LogP) is 1.62. The number of ether oxygens (including phenoxy) is 1. The summed E-state index contributed by atoms with van der Waals surface area (Å²) in [6, 6.07) is 12.1. The molecule has 2 saturated heterocycles. The van der Waals surface area contributed by atoms with Crippen molar-refractivity contribution in [2.45, 2.75) is 19.0 Å². The smallest absolute Gasteiger partial charge is 0.331 e. The van der Waals surface area contributed by atoms with Gasteiger partial charge in [-0.05, 0) is 17.2 Å². The van der Waals surface area contributed by atoms with Gasteiger partial charge in [-0.3, -0.25) is 29.9 Å². The van der Waals surface area contributed by atoms with Gasteiger partial charge in [0.05, 0.1) is 30.7 Å². The molecule has 3 aliphatic rings. The maximum Gasteiger partial charge on any atom is 0.331 e. The van der Waals surface area contributed by atoms with E-state index in [2.05, 4.69) is 5.32 Å². The van der Waals surface area contributed by atoms with Crippen LogP contribution in [-0.4, -0.2) is 53.5 Å². The minimum absolute atomic E-state index is 0.00983. The summed E-state index contributed by atoms with van der Waals surface area (Å²) in [5.41, 5.74) is 0.248. The number of amides is 4. The quantitative estimate of drug-likeness (QED) is 0.441. The summed E-state index contributed by atoms with van der Waals surface area (Å²) < 4.78 is 5.63. The fraction of sp³-hybridized carbons (Fsp3) is 0.318. The summed E-state index contributed by atoms with van der Waals surface area (Å²) in [7, 11) is 0. The zero-order valence-electron chi connectivity index (χ0n) is 17.0. The van der Waals surface area contributed by atoms with E-state index < -0.39 is 34.2 Å². The summed E-state index contributed by atoms with van der Waals surface area (Å²) in [5.74, 6) is -1.32. The molecular weight excluding hydrogens is 416 g/mol. The molecule has 2 atom stereocenters. The van der Waals surface area contributed by atoms with E-state index in [1.165, 1.54) is 12.1 Å². The number of nitrogens with one attached hydrogen (secondary N) is 1. The molecule has 164 valence electrons. The number of barbiturate groups is 1. The molecule has 0 saturated carbocycles. The topological polar surface area (TPSA) is 122 Å². The first-order valence-corrected chi connectivity index (χ1v) is 10.2. The van der Waals surface area contributed by atoms with Gasteiger partial charge in [-0.15, -0.1) is 0 Å². The number of nitro groups is 1. The molecule has 0 aliphatic carbocycles. The van der Waals surface area contributed by atoms with E-state index >= 15 is 0 Å². The van der Waals surface area contributed by atoms with Crippen molar-refractivity contribution in [2.75, 3.05) is 24.7 Å². The maximum atomic E-state index is 13.8. The number of fused-ring (bicyclic) bond motifs is 4. The number of benzene rings is 2. The van der Waals surface area contributed by atoms with E-state index in [0.29, 0.717) is 18.7 Å². The van der Waals surface area contributed by atoms with Crippen molar-refractivity contribution in [2.24, 2.45) is 5.41 Å². The number of hydrogen-bond acceptors (Lipinski definition) is 7. The van der Waals surface area contributed by atoms with Crippen LogP contribution < -0.4 is 10.2 Å². The van der Waals surface area contributed by atoms with Crippen molar-refractivity contribution in [1.82, 2.24) is 10.2 Å². The molecule has 3 heterocycles. The SMILES string of the molecule is O=C1NC(=O)[C@@]2(Cc3cc([N+](=O)[O-])ccc3N3CCOC[C@H]32)C(=O)N1Cc1ccccc1. The van der Waals surface area contributed by atoms with Gasteiger partial charge >= 0.3 is 6.03 Å². The lowest BCUT2D eigenvalue weighted by atomic mass is 9.68. The third-order valence-electron chi connectivity index (χ3n) is 6.43. The molecular formula is C22H20N4O6. The van der Waals surface area contributed by atoms with Crippen LogP contribution in [0.5, 0.6) is 0 Å². The predicted molar refractivity (Wildman–Crippen MR) is 112 cm³/mol. The van der Waals surface area contributed by atoms with E-state index in [4.69, 9.17) is 4.74 Å². The lowest BCUT2D eigenvalue weighted by Gasteiger charge is -2.53. The van der Waals surface area contributed by atoms with Gasteiger partial charge in [0.25, 0.3) is 5.69 Å². The van der Waals surface area contributed by atoms with E-state index in [1.807, 2.05) is 11.0 Å². The summed E-state index contributed by atoms with van der Waals surface area (Å²) in [5, 5.41) is 13.7. The van der Waals surface area contributed by atoms with Crippen molar-refractivity contribution in [3.8, 4) is 0 Å². The molecule has 0 unspecified atom stereocenters. The molecule has 1 spiro atoms. The fourth-order valence-electron chi connectivity index (χ4n) is 4.89. The molecule has 0 radical (unpaired) electrons. The van der Waals surface area contributed by atoms with E-state index in [0.717, 1.165) is 16.2 Å². The van der Waals surface area contributed by atoms with E-state index in [-0.39, 0.29) is 25.3 Å². The third kappa shape index (κ3) is 2.94. The molecule has 2 aromatic rings. The Labute approximate surface area is 182 Å². The number of morpholine rings is 1. The lowest BCUT2D eigenvalue weighted by molar-refractivity contribution is -0.384. The highest BCUT2D eigenvalue weighted by Crippen LogP contribution is 2.46. The van der Waals surface area contributed by atoms with E-state index in [9.17, 15) is 24.5 Å². The van der Waals surface area contributed by atoms with Gasteiger partial charge < -0.3 is 9.64 Å². The number of anilines is 1. The number of rotatable bonds is 3. The zero-order chi connectivity index (χ0) is 22.5. The number of urea groups is 1. The van der Waals surface area contributed by atoms with Crippen LogP contribution in [-0.2, 0) is 27.3 Å². The number of imide groups is 2. The van der Waals surface area contributed by atoms with Crippen molar-refractivity contribution in [3.63, 3.8) is 0 Å². The van der Waals surface area contributed by atoms with Gasteiger partial charge in [-0.2, -0.15) is 0 Å². The first-order chi connectivity index (χ1) is 15.4. The zero-order valence-corrected chi connectivity index (χ0v) is 17.0. The van der Waals surface area contributed by atoms with Crippen LogP contribution in [0.15, 0.2) is 48.5 Å². The minimum atomic E-state index is -1.63. The molecule has 5 rings (SSSR count). The van der Waals surface area contributed by atoms with Crippen LogP contribution in [0, 0.1) is 15.5 Å². The average Bonchev–Trinajstić information content (AvgIpc) is 2.80. The molecule has 32 heavy (non-hydrogen) atoms. The Morgan fingerprint density at radius 3 is 2.69 bits per heavy atom. The van der Waals surface area contributed by atoms with Crippen molar-refractivity contribution in [1.29, 1.82) is 0 Å². The van der Waals surface area contributed by atoms with Gasteiger partial charge in [0.2, 0.25) is 11.8 Å². The average molecular weight is 436 g/mol. The largest absolute Gasteiger partial charge is 0.377 e. The van der Waals surface area contributed by atoms with Crippen LogP contribution in [0.25, 0.3) is 0 Å². The number of nitrogens with zero attached hydrogens (tertiary/aromatic N) is 3. The third-order valence-corrected chi connectivity index (χ3v) is 6.43. The van der Waals surface area contributed by atoms with E-state index in [1.54, 1.807) is 30.3 Å². The summed E-state index contributed by atoms with van der Waals surface area (Å²) >= 11 is 0. The molecule has 3 aliphatic heterocycles. The minimum Gasteiger partial charge on any atom is -0.377 e. The normalized spacial score (nSPS) is 24.8. The van der Waals surface area contributed by atoms with Crippen LogP contribution >= 0.6 is 0 Å². The monoisotopic (exact) mass is 436 g/mol. The Morgan fingerprint density at radius 2 is 1.94 bits per heavy atom. The maximum absolute atomic E-state index is 13.8. The molecule has 0 bridgehead atoms. The van der Waals surface area contributed by atoms with Crippen molar-refractivity contribution >= 4 is 29.2 Å². The van der Waals surface area contributed by atoms with Gasteiger partial charge in [-0.1, -0.05) is 30.3 Å². The standard InChI is InChI=1S/C22H20N4O6/c27-19-22(20(28)25(21(29)23-19)12-14-4-2-1-3-5-14)11-15-10-16(26(30)31)6-7-17(15)24-8-9-32-13-18(22)24/h1-7,10,18H,8-9,11-13H2,(H,23,27,29)/t18-,22-/m0/s1. The first kappa shape index (κ1) is 20.1. The Morgan fingerprint density at radius 1 is 1.16 bits per heavy atom. The van der Waals surface area contributed by atoms with Crippen LogP contribution in [0.4, 0.5) is 16.2 Å². The number of carbonyl (C=O) groups is 3. The number of non-ortho nitro benzene ring substituents is 1. The van der Waals surface area contributed by atoms with Crippen molar-refractivity contribution in [3.05, 3.63) is 69.8 Å². The fourth-order valence-corrected chi connectivity index (χ4v) is 4.89. The highest BCUT2D eigenvalue weighted by Gasteiger charge is 2.62. The lowest BCUT2D eigenvalue weighted by Crippen LogP contribution is -2.73. The second-order valence-electron chi connectivity index (χ2n) is 8.14. The highest BCUT2D eigenvalue weighted by atomic mass is 16.6. The Balaban J connectivity index is 1.61. The van der Waals surface area contributed by atoms with Gasteiger partial charge in [-0.25, -0.2) is 4.79 Å². The van der Waals surface area contributed by atoms with Crippen LogP contribution in [0.1, 0.15) is 11.1 Å². The second kappa shape index (κ2) is 7.41. The molecule has 10 nitrogen and oxygen atoms in total. The second-order valence-corrected chi connectivity index (χ2v) is 8.14. The Hall–Kier alpha value is -3.79. The van der Waals surface area contributed by atoms with Gasteiger partial charge in [0.1, 0.15) is 0 Å². The Bertz CT molecular complexity index is 1140. The Kier molecular flexibility index (Phi) is 4.66. The van der Waals surface area contributed by atoms with Crippen LogP contribution in [0.2, 0.25) is 0 Å². The molecule has 10 heteroatoms. The van der Waals surface area contributed by atoms with Gasteiger partial charge in [0.15, 0.2) is 5.41 Å². The molecule has 0 aromatic heterocycles. The molecule has 2 aromatic carbocycles. The summed E-state index contributed by atoms with van der Waals surface area (Å²) in [4.78, 5) is 53.5. The molecule has 1 N–H and O–H groups in total.